The van der Waals surface area contributed by atoms with Gasteiger partial charge in [0.15, 0.2) is 0 Å². The zero-order chi connectivity index (χ0) is 19.9. The lowest BCUT2D eigenvalue weighted by atomic mass is 9.95. The Morgan fingerprint density at radius 3 is 2.71 bits per heavy atom. The number of hydrogen-bond acceptors (Lipinski definition) is 5. The van der Waals surface area contributed by atoms with Crippen LogP contribution in [-0.2, 0) is 11.8 Å². The van der Waals surface area contributed by atoms with Crippen LogP contribution in [0.15, 0.2) is 41.7 Å². The van der Waals surface area contributed by atoms with Crippen LogP contribution in [0.4, 0.5) is 0 Å². The van der Waals surface area contributed by atoms with Crippen LogP contribution < -0.4 is 5.56 Å². The van der Waals surface area contributed by atoms with E-state index in [4.69, 9.17) is 0 Å². The summed E-state index contributed by atoms with van der Waals surface area (Å²) in [4.78, 5) is 46.6. The first-order valence-electron chi connectivity index (χ1n) is 9.20. The maximum atomic E-state index is 13.3. The van der Waals surface area contributed by atoms with Gasteiger partial charge in [-0.3, -0.25) is 14.6 Å². The second-order valence-corrected chi connectivity index (χ2v) is 7.90. The minimum Gasteiger partial charge on any atom is -0.348 e. The van der Waals surface area contributed by atoms with E-state index in [9.17, 15) is 9.59 Å². The molecular weight excluding hydrogens is 356 g/mol. The molecule has 28 heavy (non-hydrogen) atoms. The second-order valence-electron chi connectivity index (χ2n) is 7.90. The number of aromatic amines is 2. The lowest BCUT2D eigenvalue weighted by molar-refractivity contribution is 0.0684. The van der Waals surface area contributed by atoms with E-state index in [1.54, 1.807) is 17.4 Å². The quantitative estimate of drug-likeness (QED) is 0.709. The van der Waals surface area contributed by atoms with E-state index in [2.05, 4.69) is 24.9 Å². The van der Waals surface area contributed by atoms with E-state index in [0.717, 1.165) is 11.4 Å². The van der Waals surface area contributed by atoms with Crippen LogP contribution in [0.2, 0.25) is 0 Å². The summed E-state index contributed by atoms with van der Waals surface area (Å²) in [6.07, 6.45) is 5.32. The molecule has 144 valence electrons. The molecule has 4 heterocycles. The normalized spacial score (nSPS) is 16.7. The monoisotopic (exact) mass is 378 g/mol. The molecule has 2 N–H and O–H groups in total. The van der Waals surface area contributed by atoms with Crippen LogP contribution in [0.5, 0.6) is 0 Å². The van der Waals surface area contributed by atoms with Gasteiger partial charge in [0.05, 0.1) is 17.7 Å². The number of pyridine rings is 1. The highest BCUT2D eigenvalue weighted by Gasteiger charge is 2.36. The third kappa shape index (κ3) is 3.11. The molecule has 1 atom stereocenters. The van der Waals surface area contributed by atoms with E-state index in [-0.39, 0.29) is 16.9 Å². The number of carbonyl (C=O) groups is 1. The van der Waals surface area contributed by atoms with Gasteiger partial charge in [0.25, 0.3) is 11.5 Å². The molecule has 0 unspecified atom stereocenters. The number of rotatable bonds is 2. The molecule has 0 aromatic carbocycles. The third-order valence-corrected chi connectivity index (χ3v) is 4.89. The summed E-state index contributed by atoms with van der Waals surface area (Å²) in [5.74, 6) is 0.169. The average molecular weight is 378 g/mol. The van der Waals surface area contributed by atoms with Gasteiger partial charge in [-0.05, 0) is 12.1 Å². The highest BCUT2D eigenvalue weighted by atomic mass is 16.2. The van der Waals surface area contributed by atoms with E-state index in [1.807, 2.05) is 39.0 Å². The molecule has 0 fully saturated rings. The number of amides is 1. The predicted octanol–water partition coefficient (Wildman–Crippen LogP) is 1.97. The zero-order valence-electron chi connectivity index (χ0n) is 16.1. The number of nitrogens with zero attached hydrogens (tertiary/aromatic N) is 4. The van der Waals surface area contributed by atoms with E-state index in [1.165, 1.54) is 6.20 Å². The van der Waals surface area contributed by atoms with Gasteiger partial charge in [0.1, 0.15) is 17.4 Å². The smallest absolute Gasteiger partial charge is 0.263 e. The molecule has 0 spiro atoms. The zero-order valence-corrected chi connectivity index (χ0v) is 16.1. The Kier molecular flexibility index (Phi) is 4.33. The van der Waals surface area contributed by atoms with E-state index < -0.39 is 11.6 Å². The fraction of sp³-hybridized carbons (Fsp3) is 0.350. The fourth-order valence-electron chi connectivity index (χ4n) is 3.42. The molecule has 3 aromatic heterocycles. The number of hydrogen-bond donors (Lipinski definition) is 2. The third-order valence-electron chi connectivity index (χ3n) is 4.89. The van der Waals surface area contributed by atoms with Gasteiger partial charge < -0.3 is 14.9 Å². The summed E-state index contributed by atoms with van der Waals surface area (Å²) in [5.41, 5.74) is 1.72. The van der Waals surface area contributed by atoms with Crippen molar-refractivity contribution in [2.24, 2.45) is 0 Å². The SMILES string of the molecule is CC(C)(C)c1ncc(C(=O)N2CCc3[nH]cnc3[C@@H]2c2ccccn2)c(=O)[nH]1. The topological polar surface area (TPSA) is 108 Å². The Hall–Kier alpha value is -3.29. The fourth-order valence-corrected chi connectivity index (χ4v) is 3.42. The van der Waals surface area contributed by atoms with Crippen molar-refractivity contribution in [2.75, 3.05) is 6.54 Å². The average Bonchev–Trinajstić information content (AvgIpc) is 3.15. The van der Waals surface area contributed by atoms with Crippen molar-refractivity contribution in [3.05, 3.63) is 75.7 Å². The van der Waals surface area contributed by atoms with Gasteiger partial charge >= 0.3 is 0 Å². The van der Waals surface area contributed by atoms with Crippen LogP contribution in [0.3, 0.4) is 0 Å². The number of aromatic nitrogens is 5. The molecule has 3 aromatic rings. The van der Waals surface area contributed by atoms with Gasteiger partial charge in [0.2, 0.25) is 0 Å². The molecule has 1 aliphatic heterocycles. The van der Waals surface area contributed by atoms with Crippen molar-refractivity contribution in [1.82, 2.24) is 29.8 Å². The maximum absolute atomic E-state index is 13.3. The molecular formula is C20H22N6O2. The van der Waals surface area contributed by atoms with Crippen molar-refractivity contribution >= 4 is 5.91 Å². The van der Waals surface area contributed by atoms with Crippen molar-refractivity contribution in [3.8, 4) is 0 Å². The second kappa shape index (κ2) is 6.70. The number of H-pyrrole nitrogens is 2. The van der Waals surface area contributed by atoms with Crippen LogP contribution in [-0.4, -0.2) is 42.3 Å². The molecule has 8 nitrogen and oxygen atoms in total. The van der Waals surface area contributed by atoms with Crippen LogP contribution in [0.1, 0.15) is 60.1 Å². The first kappa shape index (κ1) is 18.1. The molecule has 0 radical (unpaired) electrons. The predicted molar refractivity (Wildman–Crippen MR) is 103 cm³/mol. The van der Waals surface area contributed by atoms with Gasteiger partial charge in [-0.1, -0.05) is 26.8 Å². The van der Waals surface area contributed by atoms with Gasteiger partial charge in [-0.25, -0.2) is 9.97 Å². The van der Waals surface area contributed by atoms with Gasteiger partial charge in [0, 0.05) is 36.5 Å². The standard InChI is InChI=1S/C20H22N6O2/c1-20(2,3)19-22-10-12(17(27)25-19)18(28)26-9-7-13-15(24-11-23-13)16(26)14-6-4-5-8-21-14/h4-6,8,10-11,16H,7,9H2,1-3H3,(H,23,24)(H,22,25,27)/t16-/m0/s1. The van der Waals surface area contributed by atoms with Crippen molar-refractivity contribution < 1.29 is 4.79 Å². The minimum absolute atomic E-state index is 0.0212. The van der Waals surface area contributed by atoms with Crippen molar-refractivity contribution in [3.63, 3.8) is 0 Å². The van der Waals surface area contributed by atoms with Crippen LogP contribution in [0.25, 0.3) is 0 Å². The number of nitrogens with one attached hydrogen (secondary N) is 2. The molecule has 4 rings (SSSR count). The Labute approximate surface area is 162 Å². The summed E-state index contributed by atoms with van der Waals surface area (Å²) in [6, 6.07) is 5.10. The highest BCUT2D eigenvalue weighted by Crippen LogP contribution is 2.33. The Bertz CT molecular complexity index is 1060. The first-order chi connectivity index (χ1) is 13.4. The molecule has 0 saturated heterocycles. The van der Waals surface area contributed by atoms with Crippen molar-refractivity contribution in [2.45, 2.75) is 38.6 Å². The molecule has 1 aliphatic rings. The molecule has 8 heteroatoms. The lowest BCUT2D eigenvalue weighted by Gasteiger charge is -2.34. The highest BCUT2D eigenvalue weighted by molar-refractivity contribution is 5.94. The van der Waals surface area contributed by atoms with Gasteiger partial charge in [-0.2, -0.15) is 0 Å². The Morgan fingerprint density at radius 2 is 2.04 bits per heavy atom. The van der Waals surface area contributed by atoms with Crippen LogP contribution in [0, 0.1) is 0 Å². The molecule has 0 aliphatic carbocycles. The minimum atomic E-state index is -0.453. The molecule has 1 amide bonds. The first-order valence-corrected chi connectivity index (χ1v) is 9.20. The maximum Gasteiger partial charge on any atom is 0.263 e. The molecule has 0 bridgehead atoms. The van der Waals surface area contributed by atoms with Gasteiger partial charge in [-0.15, -0.1) is 0 Å². The Balaban J connectivity index is 1.75. The van der Waals surface area contributed by atoms with Crippen LogP contribution >= 0.6 is 0 Å². The number of imidazole rings is 1. The Morgan fingerprint density at radius 1 is 1.21 bits per heavy atom. The summed E-state index contributed by atoms with van der Waals surface area (Å²) in [5, 5.41) is 0. The van der Waals surface area contributed by atoms with E-state index in [0.29, 0.717) is 24.5 Å². The number of carbonyl (C=O) groups excluding carboxylic acids is 1. The summed E-state index contributed by atoms with van der Waals surface area (Å²) >= 11 is 0. The van der Waals surface area contributed by atoms with E-state index >= 15 is 0 Å². The number of fused-ring (bicyclic) bond motifs is 1. The largest absolute Gasteiger partial charge is 0.348 e. The molecule has 0 saturated carbocycles. The summed E-state index contributed by atoms with van der Waals surface area (Å²) in [7, 11) is 0. The summed E-state index contributed by atoms with van der Waals surface area (Å²) < 4.78 is 0. The lowest BCUT2D eigenvalue weighted by Crippen LogP contribution is -2.43. The summed E-state index contributed by atoms with van der Waals surface area (Å²) in [6.45, 7) is 6.31. The van der Waals surface area contributed by atoms with Crippen molar-refractivity contribution in [1.29, 1.82) is 0 Å².